The van der Waals surface area contributed by atoms with E-state index in [0.29, 0.717) is 55.6 Å². The summed E-state index contributed by atoms with van der Waals surface area (Å²) >= 11 is 0. The Morgan fingerprint density at radius 3 is 1.56 bits per heavy atom. The standard InChI is InChI=1S/C30H45N3O3.C16H22N2.C14H25NO4/c1-19(2)16-26-27-24(23-13-8-20(3)17-25(23)31-27)14-15-33(26)28(34)22-11-9-21(10-12-22)18-32(7)29(35)36-30(4,5)6;1-10(2)8-15-16-13(6-7-17-15)12-5-4-11(3)9-14(12)18-16;1-14(2,3)19-13(18)15(4)9-10-5-7-11(8-6-10)12(16)17/h8,13,17,19,21-22,26,31H,9-12,14-16,18H2,1-7H3;4-5,9-10,15,17-18H,6-8H2,1-3H3;10-11H,5-9H2,1-4H3,(H,16,17). The zero-order chi connectivity index (χ0) is 53.5. The summed E-state index contributed by atoms with van der Waals surface area (Å²) in [7, 11) is 3.55. The SMILES string of the molecule is CN(CC1CCC(C(=O)O)CC1)C(=O)OC(C)(C)C.Cc1ccc2c3c([nH]c2c1)C(CC(C)C)N(C(=O)C1CCC(CN(C)C(=O)OC(C)(C)C)CC1)CC3.Cc1ccc2c3c([nH]c2c1)C(CC(C)C)NCC3. The number of aryl methyl sites for hydroxylation is 2. The van der Waals surface area contributed by atoms with Crippen LogP contribution in [0.3, 0.4) is 0 Å². The Hall–Kier alpha value is -5.04. The van der Waals surface area contributed by atoms with Gasteiger partial charge in [-0.25, -0.2) is 9.59 Å². The molecule has 2 atom stereocenters. The Bertz CT molecular complexity index is 2490. The highest BCUT2D eigenvalue weighted by atomic mass is 16.6. The molecule has 3 amide bonds. The van der Waals surface area contributed by atoms with Gasteiger partial charge in [0.05, 0.1) is 12.0 Å². The third-order valence-corrected chi connectivity index (χ3v) is 15.2. The van der Waals surface area contributed by atoms with Crippen molar-refractivity contribution in [2.75, 3.05) is 40.3 Å². The van der Waals surface area contributed by atoms with Crippen molar-refractivity contribution >= 4 is 45.9 Å². The molecule has 0 spiro atoms. The number of rotatable bonds is 10. The van der Waals surface area contributed by atoms with E-state index in [0.717, 1.165) is 76.8 Å². The number of hydrogen-bond donors (Lipinski definition) is 4. The summed E-state index contributed by atoms with van der Waals surface area (Å²) < 4.78 is 10.8. The number of nitrogens with one attached hydrogen (secondary N) is 3. The summed E-state index contributed by atoms with van der Waals surface area (Å²) in [6, 6.07) is 14.0. The van der Waals surface area contributed by atoms with Crippen LogP contribution < -0.4 is 5.32 Å². The van der Waals surface area contributed by atoms with Crippen molar-refractivity contribution in [3.05, 3.63) is 70.0 Å². The van der Waals surface area contributed by atoms with Gasteiger partial charge in [0.15, 0.2) is 0 Å². The van der Waals surface area contributed by atoms with E-state index in [9.17, 15) is 19.2 Å². The van der Waals surface area contributed by atoms with Gasteiger partial charge < -0.3 is 44.6 Å². The van der Waals surface area contributed by atoms with E-state index in [1.54, 1.807) is 16.8 Å². The number of carbonyl (C=O) groups is 4. The minimum Gasteiger partial charge on any atom is -0.481 e. The van der Waals surface area contributed by atoms with E-state index in [1.165, 1.54) is 61.9 Å². The molecule has 13 nitrogen and oxygen atoms in total. The smallest absolute Gasteiger partial charge is 0.410 e. The normalized spacial score (nSPS) is 22.1. The number of fused-ring (bicyclic) bond motifs is 6. The second-order valence-electron chi connectivity index (χ2n) is 24.9. The molecule has 2 aliphatic heterocycles. The largest absolute Gasteiger partial charge is 0.481 e. The van der Waals surface area contributed by atoms with Gasteiger partial charge >= 0.3 is 18.2 Å². The summed E-state index contributed by atoms with van der Waals surface area (Å²) in [6.45, 7) is 27.8. The van der Waals surface area contributed by atoms with Gasteiger partial charge in [-0.2, -0.15) is 0 Å². The molecule has 8 rings (SSSR count). The third kappa shape index (κ3) is 15.7. The molecule has 404 valence electrons. The number of H-pyrrole nitrogens is 2. The van der Waals surface area contributed by atoms with Crippen LogP contribution in [0.2, 0.25) is 0 Å². The zero-order valence-corrected chi connectivity index (χ0v) is 47.1. The molecular weight excluding hydrogens is 917 g/mol. The number of carboxylic acids is 1. The highest BCUT2D eigenvalue weighted by molar-refractivity contribution is 5.87. The Labute approximate surface area is 437 Å². The van der Waals surface area contributed by atoms with Crippen molar-refractivity contribution in [1.82, 2.24) is 30.0 Å². The second-order valence-corrected chi connectivity index (χ2v) is 24.9. The molecule has 0 saturated heterocycles. The highest BCUT2D eigenvalue weighted by Crippen LogP contribution is 2.41. The maximum absolute atomic E-state index is 13.8. The number of benzene rings is 2. The van der Waals surface area contributed by atoms with Gasteiger partial charge in [-0.1, -0.05) is 52.0 Å². The van der Waals surface area contributed by atoms with Crippen LogP contribution in [0.15, 0.2) is 36.4 Å². The van der Waals surface area contributed by atoms with E-state index < -0.39 is 17.2 Å². The van der Waals surface area contributed by atoms with Crippen molar-refractivity contribution in [2.45, 2.75) is 183 Å². The van der Waals surface area contributed by atoms with Crippen LogP contribution in [0.4, 0.5) is 9.59 Å². The predicted molar refractivity (Wildman–Crippen MR) is 294 cm³/mol. The number of nitrogens with zero attached hydrogens (tertiary/aromatic N) is 3. The van der Waals surface area contributed by atoms with Gasteiger partial charge in [0.2, 0.25) is 5.91 Å². The summed E-state index contributed by atoms with van der Waals surface area (Å²) in [5, 5.41) is 15.3. The minimum absolute atomic E-state index is 0.0796. The summed E-state index contributed by atoms with van der Waals surface area (Å²) in [5.74, 6) is 1.53. The van der Waals surface area contributed by atoms with Gasteiger partial charge in [-0.05, 0) is 197 Å². The topological polar surface area (TPSA) is 160 Å². The molecule has 73 heavy (non-hydrogen) atoms. The van der Waals surface area contributed by atoms with E-state index >= 15 is 0 Å². The van der Waals surface area contributed by atoms with Gasteiger partial charge in [0, 0.05) is 78.9 Å². The monoisotopic (exact) mass is 1010 g/mol. The lowest BCUT2D eigenvalue weighted by Crippen LogP contribution is -2.45. The van der Waals surface area contributed by atoms with Crippen LogP contribution in [0.1, 0.15) is 179 Å². The fourth-order valence-electron chi connectivity index (χ4n) is 11.6. The number of amides is 3. The Balaban J connectivity index is 0.000000197. The number of aliphatic carboxylic acids is 1. The summed E-state index contributed by atoms with van der Waals surface area (Å²) in [4.78, 5) is 61.7. The molecule has 2 aliphatic carbocycles. The quantitative estimate of drug-likeness (QED) is 0.122. The molecule has 2 fully saturated rings. The number of aromatic amines is 2. The number of ether oxygens (including phenoxy) is 2. The van der Waals surface area contributed by atoms with E-state index in [-0.39, 0.29) is 30.1 Å². The molecule has 4 aliphatic rings. The van der Waals surface area contributed by atoms with Crippen LogP contribution in [0.5, 0.6) is 0 Å². The molecule has 2 aromatic carbocycles. The molecule has 2 unspecified atom stereocenters. The number of hydrogen-bond acceptors (Lipinski definition) is 7. The molecule has 0 bridgehead atoms. The van der Waals surface area contributed by atoms with E-state index in [2.05, 4.69) is 98.1 Å². The van der Waals surface area contributed by atoms with E-state index in [4.69, 9.17) is 14.6 Å². The molecule has 2 aromatic heterocycles. The van der Waals surface area contributed by atoms with Crippen molar-refractivity contribution in [3.8, 4) is 0 Å². The lowest BCUT2D eigenvalue weighted by molar-refractivity contribution is -0.143. The van der Waals surface area contributed by atoms with Crippen molar-refractivity contribution in [2.24, 2.45) is 35.5 Å². The zero-order valence-electron chi connectivity index (χ0n) is 47.1. The third-order valence-electron chi connectivity index (χ3n) is 15.2. The van der Waals surface area contributed by atoms with Crippen molar-refractivity contribution in [3.63, 3.8) is 0 Å². The van der Waals surface area contributed by atoms with Crippen LogP contribution in [0.25, 0.3) is 21.8 Å². The summed E-state index contributed by atoms with van der Waals surface area (Å²) in [5.41, 5.74) is 9.72. The van der Waals surface area contributed by atoms with E-state index in [1.807, 2.05) is 48.6 Å². The first-order chi connectivity index (χ1) is 34.3. The molecule has 2 saturated carbocycles. The highest BCUT2D eigenvalue weighted by Gasteiger charge is 2.38. The second kappa shape index (κ2) is 24.5. The van der Waals surface area contributed by atoms with Crippen molar-refractivity contribution in [1.29, 1.82) is 0 Å². The first-order valence-corrected chi connectivity index (χ1v) is 27.6. The average Bonchev–Trinajstić information content (AvgIpc) is 3.86. The molecule has 4 aromatic rings. The average molecular weight is 1010 g/mol. The molecule has 13 heteroatoms. The van der Waals surface area contributed by atoms with Gasteiger partial charge in [-0.15, -0.1) is 0 Å². The first-order valence-electron chi connectivity index (χ1n) is 27.6. The predicted octanol–water partition coefficient (Wildman–Crippen LogP) is 13.1. The maximum Gasteiger partial charge on any atom is 0.410 e. The van der Waals surface area contributed by atoms with Gasteiger partial charge in [0.1, 0.15) is 11.2 Å². The Kier molecular flexibility index (Phi) is 19.2. The number of aromatic nitrogens is 2. The Morgan fingerprint density at radius 2 is 1.11 bits per heavy atom. The number of carboxylic acid groups (broad SMARTS) is 1. The van der Waals surface area contributed by atoms with Crippen molar-refractivity contribution < 1.29 is 33.8 Å². The Morgan fingerprint density at radius 1 is 0.658 bits per heavy atom. The molecule has 0 radical (unpaired) electrons. The minimum atomic E-state index is -0.695. The van der Waals surface area contributed by atoms with Gasteiger partial charge in [0.25, 0.3) is 0 Å². The fraction of sp³-hybridized carbons (Fsp3) is 0.667. The first kappa shape index (κ1) is 57.2. The molecule has 4 N–H and O–H groups in total. The fourth-order valence-corrected chi connectivity index (χ4v) is 11.6. The van der Waals surface area contributed by atoms with Crippen LogP contribution in [-0.4, -0.2) is 105 Å². The molecular formula is C60H92N6O7. The summed E-state index contributed by atoms with van der Waals surface area (Å²) in [6.07, 6.45) is 10.6. The van der Waals surface area contributed by atoms with Crippen LogP contribution >= 0.6 is 0 Å². The maximum atomic E-state index is 13.8. The van der Waals surface area contributed by atoms with Gasteiger partial charge in [-0.3, -0.25) is 9.59 Å². The molecule has 4 heterocycles. The lowest BCUT2D eigenvalue weighted by atomic mass is 9.80. The lowest BCUT2D eigenvalue weighted by Gasteiger charge is -2.40. The van der Waals surface area contributed by atoms with Crippen LogP contribution in [0, 0.1) is 49.4 Å². The number of carbonyl (C=O) groups excluding carboxylic acids is 3. The van der Waals surface area contributed by atoms with Crippen LogP contribution in [-0.2, 0) is 31.9 Å².